The van der Waals surface area contributed by atoms with Gasteiger partial charge in [0.2, 0.25) is 21.8 Å². The lowest BCUT2D eigenvalue weighted by atomic mass is 9.87. The highest BCUT2D eigenvalue weighted by Crippen LogP contribution is 2.27. The number of carbonyl (C=O) groups excluding carboxylic acids is 2. The second-order valence-electron chi connectivity index (χ2n) is 11.5. The molecule has 0 aliphatic heterocycles. The lowest BCUT2D eigenvalue weighted by Gasteiger charge is -2.34. The predicted molar refractivity (Wildman–Crippen MR) is 156 cm³/mol. The van der Waals surface area contributed by atoms with Crippen LogP contribution in [0.1, 0.15) is 66.0 Å². The van der Waals surface area contributed by atoms with Crippen LogP contribution < -0.4 is 9.62 Å². The Labute approximate surface area is 237 Å². The van der Waals surface area contributed by atoms with Crippen LogP contribution in [0.25, 0.3) is 0 Å². The zero-order valence-electron chi connectivity index (χ0n) is 23.4. The first-order valence-electron chi connectivity index (χ1n) is 12.5. The molecule has 0 unspecified atom stereocenters. The first-order chi connectivity index (χ1) is 17.3. The SMILES string of the molecule is CC[C@H](C(=O)NC(C)(C)C)N(Cc1ccc(Cl)c(Cl)c1)C(=O)CN(c1ccc(C(C)(C)C)cc1)S(C)(=O)=O. The Balaban J connectivity index is 2.49. The normalized spacial score (nSPS) is 13.1. The number of nitrogens with one attached hydrogen (secondary N) is 1. The molecule has 0 fully saturated rings. The van der Waals surface area contributed by atoms with Gasteiger partial charge in [-0.25, -0.2) is 8.42 Å². The average molecular weight is 585 g/mol. The van der Waals surface area contributed by atoms with Crippen LogP contribution in [0, 0.1) is 0 Å². The smallest absolute Gasteiger partial charge is 0.244 e. The van der Waals surface area contributed by atoms with E-state index in [0.717, 1.165) is 16.1 Å². The van der Waals surface area contributed by atoms with E-state index in [-0.39, 0.29) is 17.9 Å². The van der Waals surface area contributed by atoms with Crippen molar-refractivity contribution in [2.45, 2.75) is 78.4 Å². The standard InChI is InChI=1S/C28H39Cl2N3O4S/c1-9-24(26(35)31-28(5,6)7)32(17-19-10-15-22(29)23(30)16-19)25(34)18-33(38(8,36)37)21-13-11-20(12-14-21)27(2,3)4/h10-16,24H,9,17-18H2,1-8H3,(H,31,35)/t24-/m1/s1. The molecule has 2 amide bonds. The molecule has 1 N–H and O–H groups in total. The molecule has 10 heteroatoms. The van der Waals surface area contributed by atoms with Gasteiger partial charge >= 0.3 is 0 Å². The number of anilines is 1. The molecular weight excluding hydrogens is 545 g/mol. The van der Waals surface area contributed by atoms with Gasteiger partial charge in [-0.1, -0.05) is 69.1 Å². The van der Waals surface area contributed by atoms with Gasteiger partial charge in [0.05, 0.1) is 22.0 Å². The second kappa shape index (κ2) is 12.3. The highest BCUT2D eigenvalue weighted by atomic mass is 35.5. The summed E-state index contributed by atoms with van der Waals surface area (Å²) >= 11 is 12.3. The van der Waals surface area contributed by atoms with E-state index in [4.69, 9.17) is 23.2 Å². The van der Waals surface area contributed by atoms with Gasteiger partial charge in [-0.05, 0) is 68.0 Å². The van der Waals surface area contributed by atoms with Crippen LogP contribution in [-0.4, -0.2) is 49.5 Å². The Morgan fingerprint density at radius 1 is 0.947 bits per heavy atom. The maximum atomic E-state index is 13.8. The molecule has 0 heterocycles. The molecule has 2 rings (SSSR count). The van der Waals surface area contributed by atoms with Gasteiger partial charge in [0.25, 0.3) is 0 Å². The summed E-state index contributed by atoms with van der Waals surface area (Å²) in [5, 5.41) is 3.62. The first kappa shape index (κ1) is 31.9. The number of rotatable bonds is 9. The Kier molecular flexibility index (Phi) is 10.3. The lowest BCUT2D eigenvalue weighted by molar-refractivity contribution is -0.141. The molecular formula is C28H39Cl2N3O4S. The average Bonchev–Trinajstić information content (AvgIpc) is 2.77. The van der Waals surface area contributed by atoms with E-state index in [9.17, 15) is 18.0 Å². The van der Waals surface area contributed by atoms with E-state index in [0.29, 0.717) is 27.7 Å². The van der Waals surface area contributed by atoms with Gasteiger partial charge in [-0.15, -0.1) is 0 Å². The minimum atomic E-state index is -3.81. The summed E-state index contributed by atoms with van der Waals surface area (Å²) in [5.41, 5.74) is 1.43. The zero-order chi connectivity index (χ0) is 29.1. The van der Waals surface area contributed by atoms with Crippen LogP contribution in [0.2, 0.25) is 10.0 Å². The van der Waals surface area contributed by atoms with E-state index >= 15 is 0 Å². The van der Waals surface area contributed by atoms with Crippen LogP contribution in [0.5, 0.6) is 0 Å². The molecule has 2 aromatic carbocycles. The van der Waals surface area contributed by atoms with Crippen LogP contribution in [0.4, 0.5) is 5.69 Å². The lowest BCUT2D eigenvalue weighted by Crippen LogP contribution is -2.55. The number of sulfonamides is 1. The molecule has 7 nitrogen and oxygen atoms in total. The zero-order valence-corrected chi connectivity index (χ0v) is 25.8. The van der Waals surface area contributed by atoms with Crippen LogP contribution in [0.3, 0.4) is 0 Å². The minimum absolute atomic E-state index is 0.0480. The number of carbonyl (C=O) groups is 2. The van der Waals surface area contributed by atoms with Gasteiger partial charge in [0.1, 0.15) is 12.6 Å². The van der Waals surface area contributed by atoms with Crippen molar-refractivity contribution in [2.75, 3.05) is 17.1 Å². The molecule has 0 aliphatic carbocycles. The monoisotopic (exact) mass is 583 g/mol. The Morgan fingerprint density at radius 3 is 1.97 bits per heavy atom. The molecule has 0 aromatic heterocycles. The predicted octanol–water partition coefficient (Wildman–Crippen LogP) is 5.78. The topological polar surface area (TPSA) is 86.8 Å². The molecule has 0 saturated carbocycles. The summed E-state index contributed by atoms with van der Waals surface area (Å²) < 4.78 is 26.7. The van der Waals surface area contributed by atoms with Gasteiger partial charge in [0.15, 0.2) is 0 Å². The fourth-order valence-electron chi connectivity index (χ4n) is 3.95. The maximum absolute atomic E-state index is 13.8. The number of benzene rings is 2. The fourth-order valence-corrected chi connectivity index (χ4v) is 5.12. The highest BCUT2D eigenvalue weighted by Gasteiger charge is 2.33. The third-order valence-electron chi connectivity index (χ3n) is 5.92. The Bertz CT molecular complexity index is 1250. The molecule has 0 radical (unpaired) electrons. The number of hydrogen-bond acceptors (Lipinski definition) is 4. The summed E-state index contributed by atoms with van der Waals surface area (Å²) in [6.07, 6.45) is 1.39. The minimum Gasteiger partial charge on any atom is -0.350 e. The molecule has 0 spiro atoms. The Morgan fingerprint density at radius 2 is 1.53 bits per heavy atom. The largest absolute Gasteiger partial charge is 0.350 e. The summed E-state index contributed by atoms with van der Waals surface area (Å²) in [5.74, 6) is -0.842. The van der Waals surface area contributed by atoms with E-state index in [1.807, 2.05) is 39.8 Å². The molecule has 2 aromatic rings. The molecule has 0 aliphatic rings. The third-order valence-corrected chi connectivity index (χ3v) is 7.80. The number of hydrogen-bond donors (Lipinski definition) is 1. The van der Waals surface area contributed by atoms with Crippen molar-refractivity contribution in [3.63, 3.8) is 0 Å². The summed E-state index contributed by atoms with van der Waals surface area (Å²) in [6.45, 7) is 13.2. The van der Waals surface area contributed by atoms with Crippen molar-refractivity contribution >= 4 is 50.7 Å². The fraction of sp³-hybridized carbons (Fsp3) is 0.500. The summed E-state index contributed by atoms with van der Waals surface area (Å²) in [4.78, 5) is 28.5. The van der Waals surface area contributed by atoms with Gasteiger partial charge < -0.3 is 10.2 Å². The number of nitrogens with zero attached hydrogens (tertiary/aromatic N) is 2. The second-order valence-corrected chi connectivity index (χ2v) is 14.2. The van der Waals surface area contributed by atoms with Crippen molar-refractivity contribution in [3.05, 3.63) is 63.6 Å². The number of amides is 2. The van der Waals surface area contributed by atoms with Crippen molar-refractivity contribution in [2.24, 2.45) is 0 Å². The van der Waals surface area contributed by atoms with E-state index in [1.165, 1.54) is 4.90 Å². The van der Waals surface area contributed by atoms with E-state index in [1.54, 1.807) is 30.3 Å². The highest BCUT2D eigenvalue weighted by molar-refractivity contribution is 7.92. The van der Waals surface area contributed by atoms with Crippen LogP contribution in [-0.2, 0) is 31.6 Å². The first-order valence-corrected chi connectivity index (χ1v) is 15.1. The Hall–Kier alpha value is -2.29. The maximum Gasteiger partial charge on any atom is 0.244 e. The van der Waals surface area contributed by atoms with Crippen molar-refractivity contribution in [3.8, 4) is 0 Å². The summed E-state index contributed by atoms with van der Waals surface area (Å²) in [6, 6.07) is 11.3. The molecule has 0 bridgehead atoms. The third kappa shape index (κ3) is 8.89. The van der Waals surface area contributed by atoms with E-state index < -0.39 is 34.1 Å². The molecule has 1 atom stereocenters. The molecule has 38 heavy (non-hydrogen) atoms. The molecule has 0 saturated heterocycles. The van der Waals surface area contributed by atoms with E-state index in [2.05, 4.69) is 26.1 Å². The van der Waals surface area contributed by atoms with Crippen LogP contribution in [0.15, 0.2) is 42.5 Å². The van der Waals surface area contributed by atoms with Crippen LogP contribution >= 0.6 is 23.2 Å². The number of halogens is 2. The van der Waals surface area contributed by atoms with Crippen molar-refractivity contribution in [1.29, 1.82) is 0 Å². The molecule has 210 valence electrons. The van der Waals surface area contributed by atoms with Gasteiger partial charge in [-0.2, -0.15) is 0 Å². The van der Waals surface area contributed by atoms with Crippen molar-refractivity contribution in [1.82, 2.24) is 10.2 Å². The van der Waals surface area contributed by atoms with Crippen molar-refractivity contribution < 1.29 is 18.0 Å². The quantitative estimate of drug-likeness (QED) is 0.405. The summed E-state index contributed by atoms with van der Waals surface area (Å²) in [7, 11) is -3.81. The van der Waals surface area contributed by atoms with Gasteiger partial charge in [0, 0.05) is 12.1 Å². The van der Waals surface area contributed by atoms with Gasteiger partial charge in [-0.3, -0.25) is 13.9 Å².